The minimum Gasteiger partial charge on any atom is -0.480 e. The second kappa shape index (κ2) is 7.64. The molecule has 1 unspecified atom stereocenters. The van der Waals surface area contributed by atoms with Gasteiger partial charge in [0, 0.05) is 16.1 Å². The van der Waals surface area contributed by atoms with Crippen LogP contribution in [0.4, 0.5) is 0 Å². The van der Waals surface area contributed by atoms with Crippen LogP contribution in [0.25, 0.3) is 11.1 Å². The Hall–Kier alpha value is -2.42. The number of hydrogen-bond donors (Lipinski definition) is 3. The predicted molar refractivity (Wildman–Crippen MR) is 92.2 cm³/mol. The second-order valence-corrected chi connectivity index (χ2v) is 7.04. The summed E-state index contributed by atoms with van der Waals surface area (Å²) in [7, 11) is -4.58. The number of carbonyl (C=O) groups excluding carboxylic acids is 1. The number of carboxylic acid groups (broad SMARTS) is 1. The monoisotopic (exact) mass is 383 g/mol. The Morgan fingerprint density at radius 3 is 2.16 bits per heavy atom. The van der Waals surface area contributed by atoms with Crippen LogP contribution in [0.5, 0.6) is 0 Å². The molecule has 0 heterocycles. The molecule has 0 aromatic heterocycles. The third kappa shape index (κ3) is 5.02. The lowest BCUT2D eigenvalue weighted by Gasteiger charge is -2.15. The highest BCUT2D eigenvalue weighted by molar-refractivity contribution is 7.85. The fourth-order valence-electron chi connectivity index (χ4n) is 2.22. The van der Waals surface area contributed by atoms with Gasteiger partial charge in [0.05, 0.1) is 0 Å². The van der Waals surface area contributed by atoms with Crippen molar-refractivity contribution in [3.05, 3.63) is 59.1 Å². The Balaban J connectivity index is 2.37. The molecule has 2 aromatic rings. The zero-order valence-corrected chi connectivity index (χ0v) is 14.3. The van der Waals surface area contributed by atoms with E-state index in [1.54, 1.807) is 42.5 Å². The van der Waals surface area contributed by atoms with Crippen molar-refractivity contribution in [1.29, 1.82) is 0 Å². The van der Waals surface area contributed by atoms with Gasteiger partial charge in [0.25, 0.3) is 16.0 Å². The molecule has 0 aliphatic rings. The van der Waals surface area contributed by atoms with Gasteiger partial charge in [-0.05, 0) is 17.7 Å². The quantitative estimate of drug-likeness (QED) is 0.657. The van der Waals surface area contributed by atoms with Crippen molar-refractivity contribution in [2.45, 2.75) is 6.04 Å². The van der Waals surface area contributed by atoms with Crippen molar-refractivity contribution >= 4 is 33.6 Å². The Morgan fingerprint density at radius 1 is 1.04 bits per heavy atom. The van der Waals surface area contributed by atoms with Gasteiger partial charge < -0.3 is 10.4 Å². The summed E-state index contributed by atoms with van der Waals surface area (Å²) in [6, 6.07) is 11.4. The van der Waals surface area contributed by atoms with Crippen LogP contribution >= 0.6 is 11.6 Å². The van der Waals surface area contributed by atoms with Gasteiger partial charge in [-0.25, -0.2) is 4.79 Å². The largest absolute Gasteiger partial charge is 0.480 e. The number of halogens is 1. The van der Waals surface area contributed by atoms with E-state index in [0.29, 0.717) is 16.1 Å². The van der Waals surface area contributed by atoms with Gasteiger partial charge in [-0.15, -0.1) is 0 Å². The molecule has 2 aromatic carbocycles. The molecule has 1 atom stereocenters. The van der Waals surface area contributed by atoms with Crippen LogP contribution in [0, 0.1) is 0 Å². The van der Waals surface area contributed by atoms with Crippen molar-refractivity contribution in [1.82, 2.24) is 5.32 Å². The van der Waals surface area contributed by atoms with E-state index < -0.39 is 33.8 Å². The lowest BCUT2D eigenvalue weighted by Crippen LogP contribution is -2.45. The number of amides is 1. The van der Waals surface area contributed by atoms with Crippen molar-refractivity contribution in [3.63, 3.8) is 0 Å². The zero-order chi connectivity index (χ0) is 18.6. The molecular formula is C16H14ClNO6S. The summed E-state index contributed by atoms with van der Waals surface area (Å²) in [6.45, 7) is 0. The minimum absolute atomic E-state index is 0.122. The summed E-state index contributed by atoms with van der Waals surface area (Å²) in [5, 5.41) is 11.5. The number of hydrogen-bond acceptors (Lipinski definition) is 4. The van der Waals surface area contributed by atoms with Gasteiger partial charge in [0.15, 0.2) is 0 Å². The van der Waals surface area contributed by atoms with Crippen LogP contribution < -0.4 is 5.32 Å². The van der Waals surface area contributed by atoms with E-state index in [4.69, 9.17) is 21.3 Å². The van der Waals surface area contributed by atoms with Gasteiger partial charge in [-0.1, -0.05) is 48.0 Å². The summed E-state index contributed by atoms with van der Waals surface area (Å²) < 4.78 is 30.7. The molecule has 9 heteroatoms. The minimum atomic E-state index is -4.58. The van der Waals surface area contributed by atoms with Crippen LogP contribution in [0.2, 0.25) is 5.02 Å². The molecule has 0 aliphatic heterocycles. The molecule has 0 radical (unpaired) electrons. The van der Waals surface area contributed by atoms with Crippen LogP contribution in [-0.2, 0) is 14.9 Å². The van der Waals surface area contributed by atoms with Gasteiger partial charge >= 0.3 is 5.97 Å². The SMILES string of the molecule is O=C(NC(CS(=O)(=O)O)C(=O)O)c1ccccc1-c1ccccc1Cl. The highest BCUT2D eigenvalue weighted by atomic mass is 35.5. The Labute approximate surface area is 149 Å². The normalized spacial score (nSPS) is 12.4. The number of rotatable bonds is 6. The van der Waals surface area contributed by atoms with Gasteiger partial charge in [-0.2, -0.15) is 8.42 Å². The number of aliphatic carboxylic acids is 1. The van der Waals surface area contributed by atoms with E-state index in [1.165, 1.54) is 6.07 Å². The molecule has 0 saturated carbocycles. The van der Waals surface area contributed by atoms with Crippen molar-refractivity contribution in [2.24, 2.45) is 0 Å². The average Bonchev–Trinajstić information content (AvgIpc) is 2.53. The fourth-order valence-corrected chi connectivity index (χ4v) is 3.10. The standard InChI is InChI=1S/C16H14ClNO6S/c17-13-8-4-3-6-11(13)10-5-1-2-7-12(10)15(19)18-14(16(20)21)9-25(22,23)24/h1-8,14H,9H2,(H,18,19)(H,20,21)(H,22,23,24). The Bertz CT molecular complexity index is 912. The molecule has 0 aliphatic carbocycles. The maximum atomic E-state index is 12.5. The summed E-state index contributed by atoms with van der Waals surface area (Å²) >= 11 is 6.14. The average molecular weight is 384 g/mol. The number of carboxylic acids is 1. The summed E-state index contributed by atoms with van der Waals surface area (Å²) in [5.41, 5.74) is 1.15. The molecule has 0 fully saturated rings. The Morgan fingerprint density at radius 2 is 1.60 bits per heavy atom. The molecule has 132 valence electrons. The first-order chi connectivity index (χ1) is 11.7. The number of benzene rings is 2. The molecule has 3 N–H and O–H groups in total. The molecule has 2 rings (SSSR count). The third-order valence-electron chi connectivity index (χ3n) is 3.32. The second-order valence-electron chi connectivity index (χ2n) is 5.14. The van der Waals surface area contributed by atoms with Crippen molar-refractivity contribution in [2.75, 3.05) is 5.75 Å². The molecule has 1 amide bonds. The van der Waals surface area contributed by atoms with Crippen molar-refractivity contribution in [3.8, 4) is 11.1 Å². The maximum Gasteiger partial charge on any atom is 0.327 e. The van der Waals surface area contributed by atoms with Crippen molar-refractivity contribution < 1.29 is 27.7 Å². The first-order valence-electron chi connectivity index (χ1n) is 7.02. The van der Waals surface area contributed by atoms with E-state index in [-0.39, 0.29) is 5.56 Å². The van der Waals surface area contributed by atoms with Gasteiger partial charge in [0.2, 0.25) is 0 Å². The van der Waals surface area contributed by atoms with E-state index in [2.05, 4.69) is 5.32 Å². The zero-order valence-electron chi connectivity index (χ0n) is 12.7. The summed E-state index contributed by atoms with van der Waals surface area (Å²) in [6.07, 6.45) is 0. The number of carbonyl (C=O) groups is 2. The van der Waals surface area contributed by atoms with E-state index in [0.717, 1.165) is 0 Å². The highest BCUT2D eigenvalue weighted by Gasteiger charge is 2.27. The molecule has 7 nitrogen and oxygen atoms in total. The smallest absolute Gasteiger partial charge is 0.327 e. The van der Waals surface area contributed by atoms with E-state index in [1.807, 2.05) is 0 Å². The lowest BCUT2D eigenvalue weighted by atomic mass is 9.99. The molecule has 0 saturated heterocycles. The molecule has 0 bridgehead atoms. The van der Waals surface area contributed by atoms with Crippen LogP contribution in [-0.4, -0.2) is 41.7 Å². The van der Waals surface area contributed by atoms with Gasteiger partial charge in [0.1, 0.15) is 11.8 Å². The fraction of sp³-hybridized carbons (Fsp3) is 0.125. The maximum absolute atomic E-state index is 12.5. The predicted octanol–water partition coefficient (Wildman–Crippen LogP) is 2.08. The molecular weight excluding hydrogens is 370 g/mol. The Kier molecular flexibility index (Phi) is 5.78. The number of nitrogens with one attached hydrogen (secondary N) is 1. The summed E-state index contributed by atoms with van der Waals surface area (Å²) in [4.78, 5) is 23.6. The van der Waals surface area contributed by atoms with Crippen LogP contribution in [0.15, 0.2) is 48.5 Å². The van der Waals surface area contributed by atoms with Gasteiger partial charge in [-0.3, -0.25) is 9.35 Å². The first-order valence-corrected chi connectivity index (χ1v) is 9.00. The molecule has 25 heavy (non-hydrogen) atoms. The lowest BCUT2D eigenvalue weighted by molar-refractivity contribution is -0.138. The van der Waals surface area contributed by atoms with E-state index >= 15 is 0 Å². The highest BCUT2D eigenvalue weighted by Crippen LogP contribution is 2.30. The molecule has 0 spiro atoms. The van der Waals surface area contributed by atoms with Crippen LogP contribution in [0.3, 0.4) is 0 Å². The third-order valence-corrected chi connectivity index (χ3v) is 4.40. The summed E-state index contributed by atoms with van der Waals surface area (Å²) in [5.74, 6) is -3.52. The van der Waals surface area contributed by atoms with E-state index in [9.17, 15) is 18.0 Å². The van der Waals surface area contributed by atoms with Crippen LogP contribution in [0.1, 0.15) is 10.4 Å². The first kappa shape index (κ1) is 18.9. The topological polar surface area (TPSA) is 121 Å².